The minimum Gasteiger partial charge on any atom is -0.396 e. The molecule has 1 aromatic carbocycles. The summed E-state index contributed by atoms with van der Waals surface area (Å²) in [4.78, 5) is 2.53. The number of aryl methyl sites for hydroxylation is 1. The molecule has 0 aromatic heterocycles. The van der Waals surface area contributed by atoms with Crippen LogP contribution in [0.15, 0.2) is 24.3 Å². The summed E-state index contributed by atoms with van der Waals surface area (Å²) >= 11 is 0. The third-order valence-electron chi connectivity index (χ3n) is 4.93. The molecule has 0 heterocycles. The molecule has 1 aliphatic rings. The molecule has 1 aromatic rings. The number of nitriles is 1. The predicted molar refractivity (Wildman–Crippen MR) is 94.0 cm³/mol. The summed E-state index contributed by atoms with van der Waals surface area (Å²) < 4.78 is 0. The lowest BCUT2D eigenvalue weighted by Gasteiger charge is -2.36. The van der Waals surface area contributed by atoms with E-state index in [1.54, 1.807) is 0 Å². The second-order valence-corrected chi connectivity index (χ2v) is 7.32. The molecule has 0 amide bonds. The second kappa shape index (κ2) is 8.47. The van der Waals surface area contributed by atoms with E-state index in [-0.39, 0.29) is 12.0 Å². The van der Waals surface area contributed by atoms with Gasteiger partial charge in [-0.15, -0.1) is 0 Å². The summed E-state index contributed by atoms with van der Waals surface area (Å²) in [5.74, 6) is 0. The molecule has 1 aliphatic carbocycles. The van der Waals surface area contributed by atoms with Crippen molar-refractivity contribution in [3.8, 4) is 6.07 Å². The molecule has 23 heavy (non-hydrogen) atoms. The van der Waals surface area contributed by atoms with Crippen LogP contribution in [0, 0.1) is 16.7 Å². The highest BCUT2D eigenvalue weighted by atomic mass is 16.3. The molecule has 0 fully saturated rings. The van der Waals surface area contributed by atoms with Gasteiger partial charge < -0.3 is 5.11 Å². The van der Waals surface area contributed by atoms with E-state index >= 15 is 0 Å². The Morgan fingerprint density at radius 1 is 1.26 bits per heavy atom. The molecule has 0 aliphatic heterocycles. The van der Waals surface area contributed by atoms with Crippen LogP contribution in [0.3, 0.4) is 0 Å². The Morgan fingerprint density at radius 2 is 2.00 bits per heavy atom. The zero-order valence-corrected chi connectivity index (χ0v) is 14.6. The van der Waals surface area contributed by atoms with Gasteiger partial charge in [-0.3, -0.25) is 4.90 Å². The van der Waals surface area contributed by atoms with Gasteiger partial charge in [-0.25, -0.2) is 0 Å². The van der Waals surface area contributed by atoms with E-state index in [0.717, 1.165) is 32.4 Å². The molecular formula is C20H30N2O. The lowest BCUT2D eigenvalue weighted by molar-refractivity contribution is 0.153. The van der Waals surface area contributed by atoms with Gasteiger partial charge in [0.2, 0.25) is 0 Å². The van der Waals surface area contributed by atoms with Gasteiger partial charge in [-0.1, -0.05) is 24.3 Å². The molecule has 0 saturated carbocycles. The number of nitrogens with zero attached hydrogens (tertiary/aromatic N) is 2. The summed E-state index contributed by atoms with van der Waals surface area (Å²) in [6.07, 6.45) is 6.39. The Bertz CT molecular complexity index is 533. The third kappa shape index (κ3) is 5.06. The van der Waals surface area contributed by atoms with Gasteiger partial charge in [0.1, 0.15) is 0 Å². The van der Waals surface area contributed by atoms with Crippen molar-refractivity contribution in [2.45, 2.75) is 58.4 Å². The fourth-order valence-electron chi connectivity index (χ4n) is 3.58. The van der Waals surface area contributed by atoms with Gasteiger partial charge >= 0.3 is 0 Å². The molecule has 126 valence electrons. The van der Waals surface area contributed by atoms with Crippen molar-refractivity contribution in [2.75, 3.05) is 19.7 Å². The molecule has 0 radical (unpaired) electrons. The summed E-state index contributed by atoms with van der Waals surface area (Å²) in [5, 5.41) is 18.4. The van der Waals surface area contributed by atoms with Gasteiger partial charge in [-0.05, 0) is 70.0 Å². The van der Waals surface area contributed by atoms with Crippen molar-refractivity contribution in [3.05, 3.63) is 35.4 Å². The molecule has 0 bridgehead atoms. The maximum atomic E-state index is 9.23. The molecule has 0 saturated heterocycles. The Labute approximate surface area is 140 Å². The summed E-state index contributed by atoms with van der Waals surface area (Å²) in [7, 11) is 0. The summed E-state index contributed by atoms with van der Waals surface area (Å²) in [5.41, 5.74) is 2.71. The van der Waals surface area contributed by atoms with Crippen LogP contribution >= 0.6 is 0 Å². The number of hydrogen-bond acceptors (Lipinski definition) is 3. The van der Waals surface area contributed by atoms with Crippen LogP contribution in [0.4, 0.5) is 0 Å². The van der Waals surface area contributed by atoms with Crippen molar-refractivity contribution < 1.29 is 5.11 Å². The van der Waals surface area contributed by atoms with Crippen molar-refractivity contribution >= 4 is 0 Å². The van der Waals surface area contributed by atoms with E-state index < -0.39 is 0 Å². The van der Waals surface area contributed by atoms with Gasteiger partial charge in [0.05, 0.1) is 11.5 Å². The Hall–Kier alpha value is -1.37. The van der Waals surface area contributed by atoms with E-state index in [1.807, 2.05) is 13.8 Å². The van der Waals surface area contributed by atoms with Crippen LogP contribution in [0.5, 0.6) is 0 Å². The average molecular weight is 314 g/mol. The van der Waals surface area contributed by atoms with Crippen LogP contribution < -0.4 is 0 Å². The average Bonchev–Trinajstić information content (AvgIpc) is 2.57. The lowest BCUT2D eigenvalue weighted by Crippen LogP contribution is -2.34. The Morgan fingerprint density at radius 3 is 2.74 bits per heavy atom. The minimum atomic E-state index is -0.243. The number of hydrogen-bond donors (Lipinski definition) is 1. The van der Waals surface area contributed by atoms with E-state index in [1.165, 1.54) is 30.4 Å². The van der Waals surface area contributed by atoms with Gasteiger partial charge in [0.25, 0.3) is 0 Å². The first-order valence-electron chi connectivity index (χ1n) is 8.91. The number of fused-ring (bicyclic) bond motifs is 1. The number of rotatable bonds is 8. The van der Waals surface area contributed by atoms with Crippen LogP contribution in [-0.2, 0) is 6.42 Å². The van der Waals surface area contributed by atoms with Gasteiger partial charge in [0, 0.05) is 19.2 Å². The summed E-state index contributed by atoms with van der Waals surface area (Å²) in [6, 6.07) is 11.7. The molecule has 0 spiro atoms. The molecule has 1 unspecified atom stereocenters. The smallest absolute Gasteiger partial charge is 0.0683 e. The van der Waals surface area contributed by atoms with Gasteiger partial charge in [0.15, 0.2) is 0 Å². The monoisotopic (exact) mass is 314 g/mol. The van der Waals surface area contributed by atoms with Crippen LogP contribution in [0.25, 0.3) is 0 Å². The van der Waals surface area contributed by atoms with Crippen molar-refractivity contribution in [3.63, 3.8) is 0 Å². The van der Waals surface area contributed by atoms with Crippen molar-refractivity contribution in [2.24, 2.45) is 5.41 Å². The fraction of sp³-hybridized carbons (Fsp3) is 0.650. The largest absolute Gasteiger partial charge is 0.396 e. The summed E-state index contributed by atoms with van der Waals surface area (Å²) in [6.45, 7) is 6.21. The molecule has 2 rings (SSSR count). The number of benzene rings is 1. The predicted octanol–water partition coefficient (Wildman–Crippen LogP) is 4.08. The molecule has 3 nitrogen and oxygen atoms in total. The van der Waals surface area contributed by atoms with Crippen molar-refractivity contribution in [1.29, 1.82) is 5.26 Å². The first kappa shape index (κ1) is 18.0. The highest BCUT2D eigenvalue weighted by Crippen LogP contribution is 2.34. The maximum absolute atomic E-state index is 9.23. The van der Waals surface area contributed by atoms with Crippen molar-refractivity contribution in [1.82, 2.24) is 4.90 Å². The molecule has 3 heteroatoms. The molecule has 1 N–H and O–H groups in total. The van der Waals surface area contributed by atoms with Crippen LogP contribution in [-0.4, -0.2) is 29.7 Å². The second-order valence-electron chi connectivity index (χ2n) is 7.32. The van der Waals surface area contributed by atoms with E-state index in [4.69, 9.17) is 0 Å². The minimum absolute atomic E-state index is 0.243. The Kier molecular flexibility index (Phi) is 6.62. The molecule has 1 atom stereocenters. The fourth-order valence-corrected chi connectivity index (χ4v) is 3.58. The first-order valence-corrected chi connectivity index (χ1v) is 8.91. The maximum Gasteiger partial charge on any atom is 0.0683 e. The van der Waals surface area contributed by atoms with Gasteiger partial charge in [-0.2, -0.15) is 5.26 Å². The zero-order chi connectivity index (χ0) is 16.7. The SMILES string of the molecule is CC(C)(C#N)CCCN(CCCO)C1CCCc2ccccc21. The lowest BCUT2D eigenvalue weighted by atomic mass is 9.86. The van der Waals surface area contributed by atoms with Crippen LogP contribution in [0.1, 0.15) is 63.1 Å². The highest BCUT2D eigenvalue weighted by Gasteiger charge is 2.26. The normalized spacial score (nSPS) is 17.8. The Balaban J connectivity index is 2.05. The highest BCUT2D eigenvalue weighted by molar-refractivity contribution is 5.32. The zero-order valence-electron chi connectivity index (χ0n) is 14.6. The number of aliphatic hydroxyl groups is 1. The van der Waals surface area contributed by atoms with E-state index in [9.17, 15) is 10.4 Å². The standard InChI is InChI=1S/C20H30N2O/c1-20(2,16-21)12-6-13-22(14-7-15-23)19-11-5-9-17-8-3-4-10-18(17)19/h3-4,8,10,19,23H,5-7,9,11-15H2,1-2H3. The quantitative estimate of drug-likeness (QED) is 0.786. The van der Waals surface area contributed by atoms with E-state index in [0.29, 0.717) is 6.04 Å². The van der Waals surface area contributed by atoms with E-state index in [2.05, 4.69) is 35.2 Å². The third-order valence-corrected chi connectivity index (χ3v) is 4.93. The van der Waals surface area contributed by atoms with Crippen LogP contribution in [0.2, 0.25) is 0 Å². The molecular weight excluding hydrogens is 284 g/mol. The number of aliphatic hydroxyl groups excluding tert-OH is 1. The topological polar surface area (TPSA) is 47.3 Å². The first-order chi connectivity index (χ1) is 11.1.